The topological polar surface area (TPSA) is 38.0 Å². The number of halogens is 2. The van der Waals surface area contributed by atoms with Crippen molar-refractivity contribution in [2.24, 2.45) is 0 Å². The molecule has 0 aliphatic rings. The molecule has 3 aromatic carbocycles. The molecule has 0 saturated heterocycles. The van der Waals surface area contributed by atoms with Crippen LogP contribution in [0.5, 0.6) is 0 Å². The number of hydrogen-bond donors (Lipinski definition) is 2. The van der Waals surface area contributed by atoms with Gasteiger partial charge in [0.15, 0.2) is 0 Å². The van der Waals surface area contributed by atoms with Gasteiger partial charge in [-0.2, -0.15) is 0 Å². The number of rotatable bonds is 5. The molecule has 0 unspecified atom stereocenters. The Morgan fingerprint density at radius 1 is 0.821 bits per heavy atom. The Bertz CT molecular complexity index is 965. The van der Waals surface area contributed by atoms with E-state index in [9.17, 15) is 8.78 Å². The molecule has 4 heteroatoms. The minimum atomic E-state index is -0.451. The van der Waals surface area contributed by atoms with Crippen molar-refractivity contribution in [3.05, 3.63) is 77.4 Å². The number of nitrogens with two attached hydrogens (primary N) is 1. The summed E-state index contributed by atoms with van der Waals surface area (Å²) in [7, 11) is 0. The molecule has 0 heterocycles. The lowest BCUT2D eigenvalue weighted by Crippen LogP contribution is -2.06. The maximum Gasteiger partial charge on any atom is 0.131 e. The fourth-order valence-corrected chi connectivity index (χ4v) is 3.36. The van der Waals surface area contributed by atoms with Gasteiger partial charge in [0.2, 0.25) is 0 Å². The molecule has 0 saturated carbocycles. The third-order valence-corrected chi connectivity index (χ3v) is 4.90. The number of anilines is 3. The maximum atomic E-state index is 14.4. The second kappa shape index (κ2) is 8.01. The lowest BCUT2D eigenvalue weighted by atomic mass is 9.88. The summed E-state index contributed by atoms with van der Waals surface area (Å²) < 4.78 is 28.2. The Morgan fingerprint density at radius 2 is 1.43 bits per heavy atom. The van der Waals surface area contributed by atoms with Gasteiger partial charge in [-0.05, 0) is 71.0 Å². The normalized spacial score (nSPS) is 11.3. The van der Waals surface area contributed by atoms with E-state index in [1.807, 2.05) is 36.4 Å². The van der Waals surface area contributed by atoms with Crippen LogP contribution >= 0.6 is 0 Å². The highest BCUT2D eigenvalue weighted by atomic mass is 19.1. The first-order valence-corrected chi connectivity index (χ1v) is 9.52. The fourth-order valence-electron chi connectivity index (χ4n) is 3.36. The van der Waals surface area contributed by atoms with Gasteiger partial charge in [0, 0.05) is 11.3 Å². The molecule has 0 fully saturated rings. The lowest BCUT2D eigenvalue weighted by molar-refractivity contribution is 0.603. The van der Waals surface area contributed by atoms with Gasteiger partial charge in [-0.15, -0.1) is 0 Å². The van der Waals surface area contributed by atoms with Crippen LogP contribution in [0.3, 0.4) is 0 Å². The third kappa shape index (κ3) is 4.01. The number of nitrogens with one attached hydrogen (secondary N) is 1. The van der Waals surface area contributed by atoms with Gasteiger partial charge < -0.3 is 11.1 Å². The molecule has 2 nitrogen and oxygen atoms in total. The van der Waals surface area contributed by atoms with Crippen molar-refractivity contribution < 1.29 is 8.78 Å². The smallest absolute Gasteiger partial charge is 0.131 e. The molecule has 0 aliphatic carbocycles. The quantitative estimate of drug-likeness (QED) is 0.459. The molecule has 0 atom stereocenters. The summed E-state index contributed by atoms with van der Waals surface area (Å²) in [5.74, 6) is -0.519. The summed E-state index contributed by atoms with van der Waals surface area (Å²) >= 11 is 0. The Balaban J connectivity index is 2.22. The summed E-state index contributed by atoms with van der Waals surface area (Å²) in [5.41, 5.74) is 11.6. The SMILES string of the molecule is CC(C)c1cc(-c2cc(F)ccc2F)cc(C(C)C)c1Nc1ccccc1N. The second-order valence-electron chi connectivity index (χ2n) is 7.68. The third-order valence-electron chi connectivity index (χ3n) is 4.90. The Labute approximate surface area is 165 Å². The first-order valence-electron chi connectivity index (χ1n) is 9.52. The van der Waals surface area contributed by atoms with Crippen LogP contribution < -0.4 is 11.1 Å². The van der Waals surface area contributed by atoms with Crippen LogP contribution in [-0.2, 0) is 0 Å². The van der Waals surface area contributed by atoms with Crippen LogP contribution in [0.2, 0.25) is 0 Å². The predicted octanol–water partition coefficient (Wildman–Crippen LogP) is 7.20. The summed E-state index contributed by atoms with van der Waals surface area (Å²) in [6, 6.07) is 15.0. The van der Waals surface area contributed by atoms with Crippen LogP contribution in [-0.4, -0.2) is 0 Å². The van der Waals surface area contributed by atoms with Crippen LogP contribution in [0.1, 0.15) is 50.7 Å². The van der Waals surface area contributed by atoms with Crippen molar-refractivity contribution in [1.29, 1.82) is 0 Å². The van der Waals surface area contributed by atoms with Gasteiger partial charge in [0.05, 0.1) is 11.4 Å². The number of hydrogen-bond acceptors (Lipinski definition) is 2. The van der Waals surface area contributed by atoms with E-state index in [0.29, 0.717) is 11.3 Å². The highest BCUT2D eigenvalue weighted by molar-refractivity contribution is 5.79. The zero-order chi connectivity index (χ0) is 20.4. The van der Waals surface area contributed by atoms with Crippen molar-refractivity contribution in [3.63, 3.8) is 0 Å². The van der Waals surface area contributed by atoms with E-state index in [-0.39, 0.29) is 17.4 Å². The van der Waals surface area contributed by atoms with E-state index in [1.54, 1.807) is 0 Å². The predicted molar refractivity (Wildman–Crippen MR) is 114 cm³/mol. The molecule has 146 valence electrons. The molecule has 3 aromatic rings. The highest BCUT2D eigenvalue weighted by Crippen LogP contribution is 2.40. The summed E-state index contributed by atoms with van der Waals surface area (Å²) in [6.07, 6.45) is 0. The van der Waals surface area contributed by atoms with Crippen molar-refractivity contribution in [2.75, 3.05) is 11.1 Å². The van der Waals surface area contributed by atoms with Crippen molar-refractivity contribution in [1.82, 2.24) is 0 Å². The summed E-state index contributed by atoms with van der Waals surface area (Å²) in [6.45, 7) is 8.35. The van der Waals surface area contributed by atoms with E-state index in [1.165, 1.54) is 12.1 Å². The van der Waals surface area contributed by atoms with E-state index in [0.717, 1.165) is 28.6 Å². The first kappa shape index (κ1) is 19.9. The highest BCUT2D eigenvalue weighted by Gasteiger charge is 2.19. The Morgan fingerprint density at radius 3 is 2.00 bits per heavy atom. The van der Waals surface area contributed by atoms with Gasteiger partial charge in [0.1, 0.15) is 11.6 Å². The average Bonchev–Trinajstić information content (AvgIpc) is 2.65. The van der Waals surface area contributed by atoms with Crippen LogP contribution in [0, 0.1) is 11.6 Å². The average molecular weight is 380 g/mol. The first-order chi connectivity index (χ1) is 13.3. The molecule has 0 amide bonds. The van der Waals surface area contributed by atoms with Gasteiger partial charge in [-0.25, -0.2) is 8.78 Å². The van der Waals surface area contributed by atoms with Gasteiger partial charge in [-0.3, -0.25) is 0 Å². The summed E-state index contributed by atoms with van der Waals surface area (Å²) in [5, 5.41) is 3.48. The van der Waals surface area contributed by atoms with Gasteiger partial charge >= 0.3 is 0 Å². The molecule has 0 spiro atoms. The Hall–Kier alpha value is -2.88. The second-order valence-corrected chi connectivity index (χ2v) is 7.68. The number of nitrogen functional groups attached to an aromatic ring is 1. The van der Waals surface area contributed by atoms with E-state index in [2.05, 4.69) is 33.0 Å². The number of para-hydroxylation sites is 2. The molecule has 0 bridgehead atoms. The summed E-state index contributed by atoms with van der Waals surface area (Å²) in [4.78, 5) is 0. The maximum absolute atomic E-state index is 14.4. The molecular formula is C24H26F2N2. The van der Waals surface area contributed by atoms with E-state index >= 15 is 0 Å². The Kier molecular flexibility index (Phi) is 5.68. The molecule has 28 heavy (non-hydrogen) atoms. The van der Waals surface area contributed by atoms with Gasteiger partial charge in [0.25, 0.3) is 0 Å². The zero-order valence-electron chi connectivity index (χ0n) is 16.7. The van der Waals surface area contributed by atoms with Crippen molar-refractivity contribution in [3.8, 4) is 11.1 Å². The van der Waals surface area contributed by atoms with Crippen molar-refractivity contribution in [2.45, 2.75) is 39.5 Å². The monoisotopic (exact) mass is 380 g/mol. The largest absolute Gasteiger partial charge is 0.397 e. The number of benzene rings is 3. The minimum Gasteiger partial charge on any atom is -0.397 e. The molecule has 0 aliphatic heterocycles. The van der Waals surface area contributed by atoms with Gasteiger partial charge in [-0.1, -0.05) is 39.8 Å². The zero-order valence-corrected chi connectivity index (χ0v) is 16.7. The minimum absolute atomic E-state index is 0.182. The van der Waals surface area contributed by atoms with Crippen LogP contribution in [0.25, 0.3) is 11.1 Å². The lowest BCUT2D eigenvalue weighted by Gasteiger charge is -2.23. The van der Waals surface area contributed by atoms with Crippen LogP contribution in [0.15, 0.2) is 54.6 Å². The fraction of sp³-hybridized carbons (Fsp3) is 0.250. The standard InChI is InChI=1S/C24H26F2N2/c1-14(2)18-11-16(20-13-17(25)9-10-21(20)26)12-19(15(3)4)24(18)28-23-8-6-5-7-22(23)27/h5-15,28H,27H2,1-4H3. The molecule has 3 rings (SSSR count). The van der Waals surface area contributed by atoms with E-state index < -0.39 is 11.6 Å². The molecule has 3 N–H and O–H groups in total. The molecule has 0 aromatic heterocycles. The van der Waals surface area contributed by atoms with Crippen molar-refractivity contribution >= 4 is 17.1 Å². The molecule has 0 radical (unpaired) electrons. The molecular weight excluding hydrogens is 354 g/mol. The van der Waals surface area contributed by atoms with Crippen LogP contribution in [0.4, 0.5) is 25.8 Å². The van der Waals surface area contributed by atoms with E-state index in [4.69, 9.17) is 5.73 Å².